The van der Waals surface area contributed by atoms with Gasteiger partial charge in [0.1, 0.15) is 11.5 Å². The Morgan fingerprint density at radius 1 is 0.679 bits per heavy atom. The van der Waals surface area contributed by atoms with E-state index < -0.39 is 0 Å². The van der Waals surface area contributed by atoms with E-state index in [0.29, 0.717) is 50.0 Å². The van der Waals surface area contributed by atoms with Crippen LogP contribution in [0.1, 0.15) is 47.9 Å². The highest BCUT2D eigenvalue weighted by molar-refractivity contribution is 5.75. The molecule has 2 aromatic rings. The zero-order valence-electron chi connectivity index (χ0n) is 15.6. The average Bonchev–Trinajstić information content (AvgIpc) is 3.27. The summed E-state index contributed by atoms with van der Waals surface area (Å²) in [4.78, 5) is 24.0. The van der Waals surface area contributed by atoms with Gasteiger partial charge in [0.05, 0.1) is 0 Å². The highest BCUT2D eigenvalue weighted by atomic mass is 16.5. The molecule has 2 aromatic carbocycles. The molecule has 0 atom stereocenters. The van der Waals surface area contributed by atoms with Gasteiger partial charge in [0.15, 0.2) is 0 Å². The Labute approximate surface area is 164 Å². The fraction of sp³-hybridized carbons (Fsp3) is 0.250. The Balaban J connectivity index is 1.14. The number of benzene rings is 2. The maximum Gasteiger partial charge on any atom is 0.310 e. The number of unbranched alkanes of at least 4 members (excludes halogenated alkanes) is 1. The normalized spacial score (nSPS) is 14.0. The SMILES string of the molecule is O=C(CCCCC(=O)OC1=Cc2ccccc2C1)OC1=Cc2ccccc2C1. The van der Waals surface area contributed by atoms with Crippen LogP contribution in [0.5, 0.6) is 0 Å². The molecule has 4 rings (SSSR count). The number of fused-ring (bicyclic) bond motifs is 2. The van der Waals surface area contributed by atoms with Crippen LogP contribution in [0, 0.1) is 0 Å². The van der Waals surface area contributed by atoms with Crippen LogP contribution in [0.3, 0.4) is 0 Å². The predicted octanol–water partition coefficient (Wildman–Crippen LogP) is 4.83. The summed E-state index contributed by atoms with van der Waals surface area (Å²) in [6, 6.07) is 16.0. The molecule has 2 aliphatic carbocycles. The van der Waals surface area contributed by atoms with Gasteiger partial charge in [0.25, 0.3) is 0 Å². The number of hydrogen-bond donors (Lipinski definition) is 0. The average molecular weight is 374 g/mol. The third-order valence-electron chi connectivity index (χ3n) is 4.97. The van der Waals surface area contributed by atoms with E-state index >= 15 is 0 Å². The predicted molar refractivity (Wildman–Crippen MR) is 107 cm³/mol. The molecule has 0 unspecified atom stereocenters. The molecule has 0 saturated heterocycles. The number of allylic oxidation sites excluding steroid dienone is 2. The number of rotatable bonds is 7. The molecule has 142 valence electrons. The van der Waals surface area contributed by atoms with Crippen molar-refractivity contribution in [3.05, 3.63) is 82.3 Å². The highest BCUT2D eigenvalue weighted by Crippen LogP contribution is 2.26. The van der Waals surface area contributed by atoms with E-state index in [9.17, 15) is 9.59 Å². The number of carbonyl (C=O) groups is 2. The minimum atomic E-state index is -0.249. The van der Waals surface area contributed by atoms with E-state index in [1.807, 2.05) is 60.7 Å². The fourth-order valence-corrected chi connectivity index (χ4v) is 3.56. The van der Waals surface area contributed by atoms with Crippen molar-refractivity contribution >= 4 is 24.1 Å². The molecule has 0 amide bonds. The van der Waals surface area contributed by atoms with E-state index in [-0.39, 0.29) is 11.9 Å². The second kappa shape index (κ2) is 8.26. The first-order valence-corrected chi connectivity index (χ1v) is 9.66. The number of hydrogen-bond acceptors (Lipinski definition) is 4. The monoisotopic (exact) mass is 374 g/mol. The molecular formula is C24H22O4. The summed E-state index contributed by atoms with van der Waals surface area (Å²) in [7, 11) is 0. The van der Waals surface area contributed by atoms with Crippen molar-refractivity contribution in [3.63, 3.8) is 0 Å². The number of carbonyl (C=O) groups excluding carboxylic acids is 2. The van der Waals surface area contributed by atoms with Gasteiger partial charge in [0.2, 0.25) is 0 Å². The molecule has 4 nitrogen and oxygen atoms in total. The van der Waals surface area contributed by atoms with Crippen LogP contribution in [-0.2, 0) is 31.9 Å². The third-order valence-corrected chi connectivity index (χ3v) is 4.97. The van der Waals surface area contributed by atoms with Crippen molar-refractivity contribution in [1.29, 1.82) is 0 Å². The number of esters is 2. The van der Waals surface area contributed by atoms with Gasteiger partial charge in [-0.2, -0.15) is 0 Å². The molecule has 0 bridgehead atoms. The van der Waals surface area contributed by atoms with Gasteiger partial charge in [-0.15, -0.1) is 0 Å². The van der Waals surface area contributed by atoms with Gasteiger partial charge in [-0.25, -0.2) is 0 Å². The van der Waals surface area contributed by atoms with Gasteiger partial charge in [-0.05, 0) is 47.2 Å². The largest absolute Gasteiger partial charge is 0.431 e. The molecule has 0 N–H and O–H groups in total. The lowest BCUT2D eigenvalue weighted by Gasteiger charge is -2.06. The third kappa shape index (κ3) is 4.39. The van der Waals surface area contributed by atoms with Gasteiger partial charge in [-0.3, -0.25) is 9.59 Å². The van der Waals surface area contributed by atoms with Crippen molar-refractivity contribution in [2.45, 2.75) is 38.5 Å². The lowest BCUT2D eigenvalue weighted by atomic mass is 10.1. The van der Waals surface area contributed by atoms with Crippen molar-refractivity contribution in [2.75, 3.05) is 0 Å². The van der Waals surface area contributed by atoms with Gasteiger partial charge >= 0.3 is 11.9 Å². The molecule has 0 aromatic heterocycles. The minimum absolute atomic E-state index is 0.249. The standard InChI is InChI=1S/C24H22O4/c25-23(27-21-13-17-7-1-2-8-18(17)14-21)11-5-6-12-24(26)28-22-15-19-9-3-4-10-20(19)16-22/h1-4,7-10,13,15H,5-6,11-12,14,16H2. The van der Waals surface area contributed by atoms with Crippen LogP contribution in [-0.4, -0.2) is 11.9 Å². The first-order valence-electron chi connectivity index (χ1n) is 9.66. The fourth-order valence-electron chi connectivity index (χ4n) is 3.56. The van der Waals surface area contributed by atoms with E-state index in [4.69, 9.17) is 9.47 Å². The van der Waals surface area contributed by atoms with E-state index in [1.165, 1.54) is 11.1 Å². The summed E-state index contributed by atoms with van der Waals surface area (Å²) in [5.41, 5.74) is 4.57. The topological polar surface area (TPSA) is 52.6 Å². The molecule has 28 heavy (non-hydrogen) atoms. The molecule has 4 heteroatoms. The summed E-state index contributed by atoms with van der Waals surface area (Å²) < 4.78 is 10.9. The zero-order chi connectivity index (χ0) is 19.3. The Hall–Kier alpha value is -3.14. The lowest BCUT2D eigenvalue weighted by Crippen LogP contribution is -2.06. The molecule has 0 saturated carbocycles. The first kappa shape index (κ1) is 18.2. The summed E-state index contributed by atoms with van der Waals surface area (Å²) in [5, 5.41) is 0. The van der Waals surface area contributed by atoms with E-state index in [0.717, 1.165) is 11.1 Å². The summed E-state index contributed by atoms with van der Waals surface area (Å²) in [5.74, 6) is 0.888. The quantitative estimate of drug-likeness (QED) is 0.515. The Morgan fingerprint density at radius 2 is 1.11 bits per heavy atom. The van der Waals surface area contributed by atoms with Gasteiger partial charge < -0.3 is 9.47 Å². The van der Waals surface area contributed by atoms with Crippen molar-refractivity contribution in [3.8, 4) is 0 Å². The molecular weight excluding hydrogens is 352 g/mol. The molecule has 2 aliphatic rings. The van der Waals surface area contributed by atoms with Crippen LogP contribution in [0.2, 0.25) is 0 Å². The summed E-state index contributed by atoms with van der Waals surface area (Å²) >= 11 is 0. The van der Waals surface area contributed by atoms with Crippen LogP contribution in [0.4, 0.5) is 0 Å². The summed E-state index contributed by atoms with van der Waals surface area (Å²) in [6.45, 7) is 0. The molecule has 0 fully saturated rings. The van der Waals surface area contributed by atoms with Crippen LogP contribution in [0.25, 0.3) is 12.2 Å². The smallest absolute Gasteiger partial charge is 0.310 e. The van der Waals surface area contributed by atoms with Crippen LogP contribution in [0.15, 0.2) is 60.0 Å². The van der Waals surface area contributed by atoms with Crippen LogP contribution >= 0.6 is 0 Å². The second-order valence-corrected chi connectivity index (χ2v) is 7.13. The zero-order valence-corrected chi connectivity index (χ0v) is 15.6. The van der Waals surface area contributed by atoms with Crippen molar-refractivity contribution in [1.82, 2.24) is 0 Å². The Bertz CT molecular complexity index is 889. The maximum absolute atomic E-state index is 12.0. The molecule has 0 heterocycles. The van der Waals surface area contributed by atoms with Crippen molar-refractivity contribution in [2.24, 2.45) is 0 Å². The van der Waals surface area contributed by atoms with Crippen LogP contribution < -0.4 is 0 Å². The Morgan fingerprint density at radius 3 is 1.54 bits per heavy atom. The van der Waals surface area contributed by atoms with Crippen molar-refractivity contribution < 1.29 is 19.1 Å². The maximum atomic E-state index is 12.0. The van der Waals surface area contributed by atoms with E-state index in [1.54, 1.807) is 0 Å². The minimum Gasteiger partial charge on any atom is -0.431 e. The van der Waals surface area contributed by atoms with Gasteiger partial charge in [-0.1, -0.05) is 48.5 Å². The first-order chi connectivity index (χ1) is 13.7. The highest BCUT2D eigenvalue weighted by Gasteiger charge is 2.17. The molecule has 0 aliphatic heterocycles. The van der Waals surface area contributed by atoms with E-state index in [2.05, 4.69) is 0 Å². The molecule has 0 radical (unpaired) electrons. The Kier molecular flexibility index (Phi) is 5.38. The van der Waals surface area contributed by atoms with Gasteiger partial charge in [0, 0.05) is 25.7 Å². The number of ether oxygens (including phenoxy) is 2. The summed E-state index contributed by atoms with van der Waals surface area (Å²) in [6.07, 6.45) is 6.96. The molecule has 0 spiro atoms. The second-order valence-electron chi connectivity index (χ2n) is 7.13. The lowest BCUT2D eigenvalue weighted by molar-refractivity contribution is -0.141.